The number of hydrogen-bond acceptors (Lipinski definition) is 4. The lowest BCUT2D eigenvalue weighted by atomic mass is 9.92. The largest absolute Gasteiger partial charge is 0.338 e. The van der Waals surface area contributed by atoms with Crippen molar-refractivity contribution >= 4 is 17.0 Å². The standard InChI is InChI=1S/C20H18F3N3O2/c1-11-17-14(18(22)23)9-16(24-19(17)28-25-11)12-5-4-8-26(10-12)20(27)13-6-2-3-7-15(13)21/h2-3,6-7,9,12,18H,4-5,8,10H2,1H3/t12-/m1/s1. The number of fused-ring (bicyclic) bond motifs is 1. The van der Waals surface area contributed by atoms with Crippen molar-refractivity contribution < 1.29 is 22.5 Å². The normalized spacial score (nSPS) is 17.5. The number of nitrogens with zero attached hydrogens (tertiary/aromatic N) is 3. The van der Waals surface area contributed by atoms with E-state index in [9.17, 15) is 18.0 Å². The van der Waals surface area contributed by atoms with Gasteiger partial charge in [0, 0.05) is 30.3 Å². The number of alkyl halides is 2. The van der Waals surface area contributed by atoms with Crippen LogP contribution in [0.1, 0.15) is 52.5 Å². The van der Waals surface area contributed by atoms with E-state index in [2.05, 4.69) is 10.1 Å². The number of carbonyl (C=O) groups is 1. The molecule has 28 heavy (non-hydrogen) atoms. The summed E-state index contributed by atoms with van der Waals surface area (Å²) in [5.41, 5.74) is 0.708. The van der Waals surface area contributed by atoms with Crippen molar-refractivity contribution in [1.29, 1.82) is 0 Å². The number of benzene rings is 1. The lowest BCUT2D eigenvalue weighted by Gasteiger charge is -2.32. The average Bonchev–Trinajstić information content (AvgIpc) is 3.08. The summed E-state index contributed by atoms with van der Waals surface area (Å²) in [7, 11) is 0. The fraction of sp³-hybridized carbons (Fsp3) is 0.350. The molecule has 0 saturated carbocycles. The predicted octanol–water partition coefficient (Wildman–Crippen LogP) is 4.63. The molecular formula is C20H18F3N3O2. The van der Waals surface area contributed by atoms with Crippen LogP contribution in [0.15, 0.2) is 34.9 Å². The highest BCUT2D eigenvalue weighted by Crippen LogP contribution is 2.34. The molecule has 1 amide bonds. The van der Waals surface area contributed by atoms with Gasteiger partial charge in [-0.2, -0.15) is 0 Å². The highest BCUT2D eigenvalue weighted by molar-refractivity contribution is 5.94. The lowest BCUT2D eigenvalue weighted by Crippen LogP contribution is -2.39. The van der Waals surface area contributed by atoms with Gasteiger partial charge in [0.05, 0.1) is 16.6 Å². The molecule has 1 aliphatic heterocycles. The van der Waals surface area contributed by atoms with Crippen LogP contribution in [0.2, 0.25) is 0 Å². The Balaban J connectivity index is 1.65. The van der Waals surface area contributed by atoms with Gasteiger partial charge in [0.25, 0.3) is 18.0 Å². The first kappa shape index (κ1) is 18.5. The maximum Gasteiger partial charge on any atom is 0.264 e. The zero-order chi connectivity index (χ0) is 19.8. The molecule has 0 N–H and O–H groups in total. The van der Waals surface area contributed by atoms with Crippen LogP contribution in [-0.4, -0.2) is 34.0 Å². The molecule has 1 saturated heterocycles. The minimum atomic E-state index is -2.69. The third-order valence-electron chi connectivity index (χ3n) is 5.13. The fourth-order valence-corrected chi connectivity index (χ4v) is 3.74. The Hall–Kier alpha value is -2.90. The van der Waals surface area contributed by atoms with Crippen LogP contribution < -0.4 is 0 Å². The van der Waals surface area contributed by atoms with Crippen LogP contribution >= 0.6 is 0 Å². The number of pyridine rings is 1. The summed E-state index contributed by atoms with van der Waals surface area (Å²) in [6.07, 6.45) is -1.33. The van der Waals surface area contributed by atoms with Gasteiger partial charge in [0.15, 0.2) is 0 Å². The van der Waals surface area contributed by atoms with Crippen LogP contribution in [0, 0.1) is 12.7 Å². The summed E-state index contributed by atoms with van der Waals surface area (Å²) in [6.45, 7) is 2.35. The van der Waals surface area contributed by atoms with Crippen LogP contribution in [0.25, 0.3) is 11.1 Å². The molecular weight excluding hydrogens is 371 g/mol. The van der Waals surface area contributed by atoms with Crippen molar-refractivity contribution in [2.75, 3.05) is 13.1 Å². The van der Waals surface area contributed by atoms with Gasteiger partial charge < -0.3 is 9.42 Å². The molecule has 8 heteroatoms. The van der Waals surface area contributed by atoms with Gasteiger partial charge in [0.2, 0.25) is 0 Å². The minimum Gasteiger partial charge on any atom is -0.338 e. The van der Waals surface area contributed by atoms with Gasteiger partial charge in [0.1, 0.15) is 5.82 Å². The number of aromatic nitrogens is 2. The van der Waals surface area contributed by atoms with E-state index in [-0.39, 0.29) is 34.7 Å². The molecule has 1 aliphatic rings. The third-order valence-corrected chi connectivity index (χ3v) is 5.13. The summed E-state index contributed by atoms with van der Waals surface area (Å²) in [4.78, 5) is 18.6. The number of rotatable bonds is 3. The molecule has 1 aromatic carbocycles. The fourth-order valence-electron chi connectivity index (χ4n) is 3.74. The zero-order valence-corrected chi connectivity index (χ0v) is 15.2. The predicted molar refractivity (Wildman–Crippen MR) is 95.8 cm³/mol. The number of piperidine rings is 1. The van der Waals surface area contributed by atoms with E-state index in [1.807, 2.05) is 0 Å². The topological polar surface area (TPSA) is 59.2 Å². The van der Waals surface area contributed by atoms with E-state index in [0.717, 1.165) is 0 Å². The SMILES string of the molecule is Cc1noc2nc([C@@H]3CCCN(C(=O)c4ccccc4F)C3)cc(C(F)F)c12. The van der Waals surface area contributed by atoms with Crippen molar-refractivity contribution in [3.63, 3.8) is 0 Å². The van der Waals surface area contributed by atoms with E-state index in [0.29, 0.717) is 30.8 Å². The molecule has 0 radical (unpaired) electrons. The molecule has 0 aliphatic carbocycles. The Morgan fingerprint density at radius 2 is 2.11 bits per heavy atom. The van der Waals surface area contributed by atoms with Crippen molar-refractivity contribution in [2.24, 2.45) is 0 Å². The number of halogens is 3. The molecule has 2 aromatic heterocycles. The summed E-state index contributed by atoms with van der Waals surface area (Å²) >= 11 is 0. The number of hydrogen-bond donors (Lipinski definition) is 0. The third kappa shape index (κ3) is 3.23. The quantitative estimate of drug-likeness (QED) is 0.655. The smallest absolute Gasteiger partial charge is 0.264 e. The minimum absolute atomic E-state index is 0.00527. The first-order chi connectivity index (χ1) is 13.5. The molecule has 146 valence electrons. The number of aryl methyl sites for hydroxylation is 1. The molecule has 0 unspecified atom stereocenters. The van der Waals surface area contributed by atoms with Gasteiger partial charge in [-0.1, -0.05) is 17.3 Å². The molecule has 1 fully saturated rings. The van der Waals surface area contributed by atoms with Gasteiger partial charge in [-0.05, 0) is 38.0 Å². The monoisotopic (exact) mass is 389 g/mol. The summed E-state index contributed by atoms with van der Waals surface area (Å²) in [5.74, 6) is -1.23. The molecule has 3 heterocycles. The first-order valence-corrected chi connectivity index (χ1v) is 9.04. The van der Waals surface area contributed by atoms with Crippen LogP contribution in [0.3, 0.4) is 0 Å². The van der Waals surface area contributed by atoms with Crippen LogP contribution in [-0.2, 0) is 0 Å². The Morgan fingerprint density at radius 3 is 2.86 bits per heavy atom. The van der Waals surface area contributed by atoms with E-state index in [1.54, 1.807) is 17.9 Å². The van der Waals surface area contributed by atoms with Crippen LogP contribution in [0.4, 0.5) is 13.2 Å². The molecule has 0 bridgehead atoms. The average molecular weight is 389 g/mol. The molecule has 0 spiro atoms. The summed E-state index contributed by atoms with van der Waals surface area (Å²) in [6, 6.07) is 7.19. The van der Waals surface area contributed by atoms with Gasteiger partial charge in [-0.25, -0.2) is 18.2 Å². The van der Waals surface area contributed by atoms with Gasteiger partial charge in [-0.3, -0.25) is 4.79 Å². The van der Waals surface area contributed by atoms with E-state index >= 15 is 0 Å². The second-order valence-corrected chi connectivity index (χ2v) is 6.96. The summed E-state index contributed by atoms with van der Waals surface area (Å²) in [5, 5.41) is 3.97. The maximum absolute atomic E-state index is 14.0. The first-order valence-electron chi connectivity index (χ1n) is 9.04. The molecule has 5 nitrogen and oxygen atoms in total. The number of likely N-dealkylation sites (tertiary alicyclic amines) is 1. The molecule has 4 rings (SSSR count). The molecule has 1 atom stereocenters. The highest BCUT2D eigenvalue weighted by atomic mass is 19.3. The van der Waals surface area contributed by atoms with Gasteiger partial charge >= 0.3 is 0 Å². The van der Waals surface area contributed by atoms with Crippen molar-refractivity contribution in [3.8, 4) is 0 Å². The Morgan fingerprint density at radius 1 is 1.32 bits per heavy atom. The Labute approximate surface area is 159 Å². The Bertz CT molecular complexity index is 1030. The van der Waals surface area contributed by atoms with Crippen molar-refractivity contribution in [3.05, 3.63) is 58.7 Å². The lowest BCUT2D eigenvalue weighted by molar-refractivity contribution is 0.0701. The Kier molecular flexibility index (Phi) is 4.78. The summed E-state index contributed by atoms with van der Waals surface area (Å²) < 4.78 is 46.2. The number of amides is 1. The van der Waals surface area contributed by atoms with E-state index in [1.165, 1.54) is 24.3 Å². The zero-order valence-electron chi connectivity index (χ0n) is 15.2. The van der Waals surface area contributed by atoms with Crippen molar-refractivity contribution in [1.82, 2.24) is 15.0 Å². The maximum atomic E-state index is 14.0. The second-order valence-electron chi connectivity index (χ2n) is 6.96. The van der Waals surface area contributed by atoms with Crippen LogP contribution in [0.5, 0.6) is 0 Å². The van der Waals surface area contributed by atoms with E-state index in [4.69, 9.17) is 4.52 Å². The molecule has 3 aromatic rings. The number of carbonyl (C=O) groups excluding carboxylic acids is 1. The second kappa shape index (κ2) is 7.26. The van der Waals surface area contributed by atoms with E-state index < -0.39 is 18.1 Å². The van der Waals surface area contributed by atoms with Gasteiger partial charge in [-0.15, -0.1) is 0 Å². The van der Waals surface area contributed by atoms with Crippen molar-refractivity contribution in [2.45, 2.75) is 32.1 Å². The highest BCUT2D eigenvalue weighted by Gasteiger charge is 2.29.